The predicted molar refractivity (Wildman–Crippen MR) is 90.6 cm³/mol. The van der Waals surface area contributed by atoms with Gasteiger partial charge in [-0.3, -0.25) is 9.59 Å². The molecule has 0 aliphatic heterocycles. The number of carbonyl (C=O) groups excluding carboxylic acids is 1. The van der Waals surface area contributed by atoms with E-state index in [0.29, 0.717) is 11.5 Å². The van der Waals surface area contributed by atoms with Crippen LogP contribution in [0.1, 0.15) is 47.5 Å². The zero-order valence-electron chi connectivity index (χ0n) is 13.4. The van der Waals surface area contributed by atoms with Gasteiger partial charge in [-0.25, -0.2) is 0 Å². The molecule has 120 valence electrons. The number of aromatic nitrogens is 1. The topological polar surface area (TPSA) is 51.1 Å². The van der Waals surface area contributed by atoms with Gasteiger partial charge in [-0.2, -0.15) is 0 Å². The lowest BCUT2D eigenvalue weighted by atomic mass is 9.80. The molecular formula is C19H22N2O2. The molecule has 1 N–H and O–H groups in total. The summed E-state index contributed by atoms with van der Waals surface area (Å²) in [5, 5.41) is 3.14. The van der Waals surface area contributed by atoms with Gasteiger partial charge in [0.1, 0.15) is 0 Å². The number of rotatable bonds is 3. The first kappa shape index (κ1) is 15.5. The van der Waals surface area contributed by atoms with Crippen LogP contribution < -0.4 is 10.9 Å². The van der Waals surface area contributed by atoms with E-state index in [1.807, 2.05) is 18.2 Å². The molecule has 1 heterocycles. The second kappa shape index (κ2) is 6.82. The monoisotopic (exact) mass is 310 g/mol. The van der Waals surface area contributed by atoms with E-state index in [0.717, 1.165) is 19.3 Å². The zero-order valence-corrected chi connectivity index (χ0v) is 13.4. The highest BCUT2D eigenvalue weighted by Crippen LogP contribution is 2.33. The Morgan fingerprint density at radius 2 is 1.87 bits per heavy atom. The number of amides is 1. The summed E-state index contributed by atoms with van der Waals surface area (Å²) in [6.45, 7) is 0. The van der Waals surface area contributed by atoms with Crippen molar-refractivity contribution in [1.82, 2.24) is 9.88 Å². The zero-order chi connectivity index (χ0) is 16.2. The molecule has 2 atom stereocenters. The standard InChI is InChI=1S/C19H22N2O2/c1-21-12-11-15(13-18(21)22)19(23)20-17-10-6-5-9-16(17)14-7-3-2-4-8-14/h2-4,7-8,11-13,16-17H,5-6,9-10H2,1H3,(H,20,23)/t16-,17-/m0/s1. The van der Waals surface area contributed by atoms with Gasteiger partial charge in [-0.1, -0.05) is 43.2 Å². The van der Waals surface area contributed by atoms with E-state index < -0.39 is 0 Å². The van der Waals surface area contributed by atoms with E-state index in [1.54, 1.807) is 19.3 Å². The molecule has 4 heteroatoms. The number of nitrogens with one attached hydrogen (secondary N) is 1. The molecule has 0 spiro atoms. The van der Waals surface area contributed by atoms with Crippen molar-refractivity contribution in [1.29, 1.82) is 0 Å². The van der Waals surface area contributed by atoms with Crippen molar-refractivity contribution in [3.63, 3.8) is 0 Å². The van der Waals surface area contributed by atoms with E-state index in [4.69, 9.17) is 0 Å². The summed E-state index contributed by atoms with van der Waals surface area (Å²) in [5.74, 6) is 0.191. The fourth-order valence-corrected chi connectivity index (χ4v) is 3.34. The van der Waals surface area contributed by atoms with Gasteiger partial charge in [0.15, 0.2) is 0 Å². The van der Waals surface area contributed by atoms with Gasteiger partial charge in [-0.15, -0.1) is 0 Å². The molecule has 1 fully saturated rings. The van der Waals surface area contributed by atoms with Crippen molar-refractivity contribution in [3.8, 4) is 0 Å². The number of nitrogens with zero attached hydrogens (tertiary/aromatic N) is 1. The van der Waals surface area contributed by atoms with Crippen LogP contribution in [0.5, 0.6) is 0 Å². The van der Waals surface area contributed by atoms with Gasteiger partial charge in [-0.05, 0) is 24.5 Å². The minimum atomic E-state index is -0.166. The van der Waals surface area contributed by atoms with Crippen molar-refractivity contribution in [2.45, 2.75) is 37.6 Å². The fraction of sp³-hybridized carbons (Fsp3) is 0.368. The summed E-state index contributed by atoms with van der Waals surface area (Å²) in [6.07, 6.45) is 6.02. The maximum Gasteiger partial charge on any atom is 0.251 e. The van der Waals surface area contributed by atoms with Crippen LogP contribution >= 0.6 is 0 Å². The Kier molecular flexibility index (Phi) is 4.60. The molecule has 1 aliphatic carbocycles. The van der Waals surface area contributed by atoms with Crippen molar-refractivity contribution in [3.05, 3.63) is 70.1 Å². The molecule has 1 aromatic carbocycles. The van der Waals surface area contributed by atoms with Crippen molar-refractivity contribution >= 4 is 5.91 Å². The summed E-state index contributed by atoms with van der Waals surface area (Å²) in [5.41, 5.74) is 1.55. The first-order chi connectivity index (χ1) is 11.1. The van der Waals surface area contributed by atoms with Gasteiger partial charge in [0, 0.05) is 36.8 Å². The minimum absolute atomic E-state index is 0.128. The van der Waals surface area contributed by atoms with Gasteiger partial charge in [0.2, 0.25) is 0 Å². The van der Waals surface area contributed by atoms with Crippen molar-refractivity contribution in [2.75, 3.05) is 0 Å². The van der Waals surface area contributed by atoms with Gasteiger partial charge in [0.05, 0.1) is 0 Å². The predicted octanol–water partition coefficient (Wildman–Crippen LogP) is 2.84. The Bertz CT molecular complexity index is 737. The van der Waals surface area contributed by atoms with Crippen molar-refractivity contribution < 1.29 is 4.79 Å². The number of hydrogen-bond acceptors (Lipinski definition) is 2. The molecule has 1 amide bonds. The maximum absolute atomic E-state index is 12.5. The quantitative estimate of drug-likeness (QED) is 0.948. The largest absolute Gasteiger partial charge is 0.349 e. The second-order valence-corrected chi connectivity index (χ2v) is 6.25. The minimum Gasteiger partial charge on any atom is -0.349 e. The Morgan fingerprint density at radius 1 is 1.13 bits per heavy atom. The lowest BCUT2D eigenvalue weighted by molar-refractivity contribution is 0.0920. The van der Waals surface area contributed by atoms with E-state index in [2.05, 4.69) is 17.4 Å². The number of pyridine rings is 1. The smallest absolute Gasteiger partial charge is 0.251 e. The molecule has 1 aliphatic rings. The molecular weight excluding hydrogens is 288 g/mol. The lowest BCUT2D eigenvalue weighted by Gasteiger charge is -2.32. The molecule has 0 saturated heterocycles. The number of hydrogen-bond donors (Lipinski definition) is 1. The molecule has 1 aromatic heterocycles. The normalized spacial score (nSPS) is 20.9. The average Bonchev–Trinajstić information content (AvgIpc) is 2.58. The van der Waals surface area contributed by atoms with Gasteiger partial charge >= 0.3 is 0 Å². The van der Waals surface area contributed by atoms with Crippen LogP contribution in [0.15, 0.2) is 53.5 Å². The Hall–Kier alpha value is -2.36. The van der Waals surface area contributed by atoms with Gasteiger partial charge < -0.3 is 9.88 Å². The Balaban J connectivity index is 1.77. The van der Waals surface area contributed by atoms with Crippen LogP contribution in [0, 0.1) is 0 Å². The molecule has 1 saturated carbocycles. The van der Waals surface area contributed by atoms with Crippen LogP contribution in [0.4, 0.5) is 0 Å². The van der Waals surface area contributed by atoms with E-state index >= 15 is 0 Å². The van der Waals surface area contributed by atoms with Crippen LogP contribution in [0.3, 0.4) is 0 Å². The van der Waals surface area contributed by atoms with Crippen LogP contribution in [0.25, 0.3) is 0 Å². The maximum atomic E-state index is 12.5. The molecule has 2 aromatic rings. The van der Waals surface area contributed by atoms with E-state index in [-0.39, 0.29) is 17.5 Å². The Morgan fingerprint density at radius 3 is 2.61 bits per heavy atom. The van der Waals surface area contributed by atoms with Crippen LogP contribution in [-0.4, -0.2) is 16.5 Å². The molecule has 4 nitrogen and oxygen atoms in total. The molecule has 0 unspecified atom stereocenters. The van der Waals surface area contributed by atoms with Crippen LogP contribution in [-0.2, 0) is 7.05 Å². The summed E-state index contributed by atoms with van der Waals surface area (Å²) in [6, 6.07) is 13.6. The average molecular weight is 310 g/mol. The number of benzene rings is 1. The lowest BCUT2D eigenvalue weighted by Crippen LogP contribution is -2.41. The third-order valence-corrected chi connectivity index (χ3v) is 4.68. The summed E-state index contributed by atoms with van der Waals surface area (Å²) >= 11 is 0. The highest BCUT2D eigenvalue weighted by molar-refractivity contribution is 5.94. The third kappa shape index (κ3) is 3.52. The first-order valence-electron chi connectivity index (χ1n) is 8.17. The molecule has 0 radical (unpaired) electrons. The molecule has 23 heavy (non-hydrogen) atoms. The fourth-order valence-electron chi connectivity index (χ4n) is 3.34. The SMILES string of the molecule is Cn1ccc(C(=O)N[C@H]2CCCC[C@H]2c2ccccc2)cc1=O. The summed E-state index contributed by atoms with van der Waals surface area (Å²) in [7, 11) is 1.68. The summed E-state index contributed by atoms with van der Waals surface area (Å²) < 4.78 is 1.46. The summed E-state index contributed by atoms with van der Waals surface area (Å²) in [4.78, 5) is 24.2. The highest BCUT2D eigenvalue weighted by Gasteiger charge is 2.28. The van der Waals surface area contributed by atoms with E-state index in [9.17, 15) is 9.59 Å². The van der Waals surface area contributed by atoms with Gasteiger partial charge in [0.25, 0.3) is 11.5 Å². The second-order valence-electron chi connectivity index (χ2n) is 6.25. The van der Waals surface area contributed by atoms with Crippen molar-refractivity contribution in [2.24, 2.45) is 7.05 Å². The van der Waals surface area contributed by atoms with Crippen LogP contribution in [0.2, 0.25) is 0 Å². The highest BCUT2D eigenvalue weighted by atomic mass is 16.2. The number of aryl methyl sites for hydroxylation is 1. The third-order valence-electron chi connectivity index (χ3n) is 4.68. The molecule has 0 bridgehead atoms. The van der Waals surface area contributed by atoms with E-state index in [1.165, 1.54) is 22.6 Å². The number of carbonyl (C=O) groups is 1. The Labute approximate surface area is 136 Å². The first-order valence-corrected chi connectivity index (χ1v) is 8.17. The molecule has 3 rings (SSSR count).